The van der Waals surface area contributed by atoms with Gasteiger partial charge in [0.25, 0.3) is 0 Å². The summed E-state index contributed by atoms with van der Waals surface area (Å²) in [7, 11) is 0. The molecule has 0 spiro atoms. The van der Waals surface area contributed by atoms with Gasteiger partial charge in [0.1, 0.15) is 0 Å². The molecule has 102 valence electrons. The molecule has 6 nitrogen and oxygen atoms in total. The van der Waals surface area contributed by atoms with Crippen LogP contribution < -0.4 is 5.73 Å². The fourth-order valence-corrected chi connectivity index (χ4v) is 2.81. The molecule has 0 radical (unpaired) electrons. The lowest BCUT2D eigenvalue weighted by atomic mass is 10.0. The van der Waals surface area contributed by atoms with Gasteiger partial charge in [0.15, 0.2) is 6.10 Å². The molecule has 0 bridgehead atoms. The van der Waals surface area contributed by atoms with Crippen LogP contribution in [0.3, 0.4) is 0 Å². The first-order valence-corrected chi connectivity index (χ1v) is 6.49. The highest BCUT2D eigenvalue weighted by molar-refractivity contribution is 5.79. The van der Waals surface area contributed by atoms with Gasteiger partial charge in [-0.25, -0.2) is 4.79 Å². The number of piperidine rings is 1. The van der Waals surface area contributed by atoms with Crippen LogP contribution in [-0.2, 0) is 14.3 Å². The van der Waals surface area contributed by atoms with E-state index in [0.29, 0.717) is 13.0 Å². The monoisotopic (exact) mass is 256 g/mol. The predicted octanol–water partition coefficient (Wildman–Crippen LogP) is -0.0416. The Kier molecular flexibility index (Phi) is 4.19. The van der Waals surface area contributed by atoms with Crippen LogP contribution in [0.4, 0.5) is 0 Å². The Labute approximate surface area is 106 Å². The SMILES string of the molecule is NC(=O)C1CCCCN1CC1CCC(C(=O)O)O1. The average Bonchev–Trinajstić information content (AvgIpc) is 2.78. The van der Waals surface area contributed by atoms with Crippen molar-refractivity contribution in [1.29, 1.82) is 0 Å². The van der Waals surface area contributed by atoms with E-state index in [-0.39, 0.29) is 18.1 Å². The van der Waals surface area contributed by atoms with Gasteiger partial charge in [-0.2, -0.15) is 0 Å². The van der Waals surface area contributed by atoms with Crippen LogP contribution in [0.2, 0.25) is 0 Å². The summed E-state index contributed by atoms with van der Waals surface area (Å²) < 4.78 is 5.46. The second-order valence-electron chi connectivity index (χ2n) is 5.07. The molecule has 0 aromatic rings. The summed E-state index contributed by atoms with van der Waals surface area (Å²) >= 11 is 0. The highest BCUT2D eigenvalue weighted by atomic mass is 16.5. The van der Waals surface area contributed by atoms with Gasteiger partial charge < -0.3 is 15.6 Å². The molecular weight excluding hydrogens is 236 g/mol. The highest BCUT2D eigenvalue weighted by Crippen LogP contribution is 2.24. The number of rotatable bonds is 4. The van der Waals surface area contributed by atoms with Crippen LogP contribution in [0.1, 0.15) is 32.1 Å². The van der Waals surface area contributed by atoms with Crippen molar-refractivity contribution in [3.63, 3.8) is 0 Å². The molecule has 2 saturated heterocycles. The Hall–Kier alpha value is -1.14. The summed E-state index contributed by atoms with van der Waals surface area (Å²) in [5.74, 6) is -1.19. The molecule has 2 heterocycles. The van der Waals surface area contributed by atoms with Crippen molar-refractivity contribution in [3.05, 3.63) is 0 Å². The maximum Gasteiger partial charge on any atom is 0.332 e. The van der Waals surface area contributed by atoms with Crippen LogP contribution in [0.15, 0.2) is 0 Å². The number of ether oxygens (including phenoxy) is 1. The van der Waals surface area contributed by atoms with Crippen molar-refractivity contribution in [2.24, 2.45) is 5.73 Å². The molecule has 6 heteroatoms. The number of hydrogen-bond acceptors (Lipinski definition) is 4. The number of primary amides is 1. The summed E-state index contributed by atoms with van der Waals surface area (Å²) in [5.41, 5.74) is 5.39. The molecule has 0 saturated carbocycles. The van der Waals surface area contributed by atoms with Crippen LogP contribution in [0, 0.1) is 0 Å². The lowest BCUT2D eigenvalue weighted by Crippen LogP contribution is -2.50. The van der Waals surface area contributed by atoms with Gasteiger partial charge in [-0.3, -0.25) is 9.69 Å². The molecule has 0 aromatic heterocycles. The Balaban J connectivity index is 1.88. The smallest absolute Gasteiger partial charge is 0.332 e. The van der Waals surface area contributed by atoms with E-state index >= 15 is 0 Å². The first kappa shape index (κ1) is 13.3. The minimum atomic E-state index is -0.900. The van der Waals surface area contributed by atoms with E-state index < -0.39 is 12.1 Å². The summed E-state index contributed by atoms with van der Waals surface area (Å²) in [5, 5.41) is 8.86. The highest BCUT2D eigenvalue weighted by Gasteiger charge is 2.34. The maximum absolute atomic E-state index is 11.4. The van der Waals surface area contributed by atoms with Gasteiger partial charge in [0, 0.05) is 6.54 Å². The number of carbonyl (C=O) groups is 2. The maximum atomic E-state index is 11.4. The first-order valence-electron chi connectivity index (χ1n) is 6.49. The molecule has 3 N–H and O–H groups in total. The van der Waals surface area contributed by atoms with Crippen molar-refractivity contribution in [2.75, 3.05) is 13.1 Å². The fourth-order valence-electron chi connectivity index (χ4n) is 2.81. The minimum Gasteiger partial charge on any atom is -0.479 e. The Morgan fingerprint density at radius 3 is 2.67 bits per heavy atom. The lowest BCUT2D eigenvalue weighted by Gasteiger charge is -2.35. The topological polar surface area (TPSA) is 92.9 Å². The third kappa shape index (κ3) is 3.00. The predicted molar refractivity (Wildman–Crippen MR) is 63.9 cm³/mol. The van der Waals surface area contributed by atoms with E-state index in [0.717, 1.165) is 32.2 Å². The second kappa shape index (κ2) is 5.67. The van der Waals surface area contributed by atoms with E-state index in [9.17, 15) is 9.59 Å². The summed E-state index contributed by atoms with van der Waals surface area (Å²) in [6, 6.07) is -0.216. The Morgan fingerprint density at radius 2 is 2.06 bits per heavy atom. The number of aliphatic carboxylic acids is 1. The van der Waals surface area contributed by atoms with Gasteiger partial charge in [0.2, 0.25) is 5.91 Å². The zero-order valence-corrected chi connectivity index (χ0v) is 10.4. The van der Waals surface area contributed by atoms with Crippen molar-refractivity contribution in [3.8, 4) is 0 Å². The molecule has 0 aromatic carbocycles. The standard InChI is InChI=1S/C12H20N2O4/c13-11(15)9-3-1-2-6-14(9)7-8-4-5-10(18-8)12(16)17/h8-10H,1-7H2,(H2,13,15)(H,16,17). The van der Waals surface area contributed by atoms with Crippen molar-refractivity contribution < 1.29 is 19.4 Å². The van der Waals surface area contributed by atoms with Gasteiger partial charge in [0.05, 0.1) is 12.1 Å². The normalized spacial score (nSPS) is 33.4. The van der Waals surface area contributed by atoms with E-state index in [2.05, 4.69) is 0 Å². The quantitative estimate of drug-likeness (QED) is 0.736. The number of carbonyl (C=O) groups excluding carboxylic acids is 1. The molecule has 2 fully saturated rings. The Bertz CT molecular complexity index is 334. The van der Waals surface area contributed by atoms with Crippen LogP contribution in [-0.4, -0.2) is 53.2 Å². The number of carboxylic acids is 1. The number of carboxylic acid groups (broad SMARTS) is 1. The molecule has 3 unspecified atom stereocenters. The van der Waals surface area contributed by atoms with Crippen molar-refractivity contribution in [1.82, 2.24) is 4.90 Å². The molecule has 0 aliphatic carbocycles. The molecule has 2 rings (SSSR count). The lowest BCUT2D eigenvalue weighted by molar-refractivity contribution is -0.150. The number of nitrogens with two attached hydrogens (primary N) is 1. The van der Waals surface area contributed by atoms with E-state index in [1.807, 2.05) is 4.90 Å². The van der Waals surface area contributed by atoms with Gasteiger partial charge >= 0.3 is 5.97 Å². The fraction of sp³-hybridized carbons (Fsp3) is 0.833. The summed E-state index contributed by atoms with van der Waals surface area (Å²) in [4.78, 5) is 24.2. The first-order chi connectivity index (χ1) is 8.58. The van der Waals surface area contributed by atoms with E-state index in [1.54, 1.807) is 0 Å². The van der Waals surface area contributed by atoms with Gasteiger partial charge in [-0.15, -0.1) is 0 Å². The molecule has 18 heavy (non-hydrogen) atoms. The summed E-state index contributed by atoms with van der Waals surface area (Å²) in [6.07, 6.45) is 3.38. The van der Waals surface area contributed by atoms with Crippen molar-refractivity contribution in [2.45, 2.75) is 50.4 Å². The molecule has 2 aliphatic heterocycles. The third-order valence-electron chi connectivity index (χ3n) is 3.76. The zero-order chi connectivity index (χ0) is 13.1. The molecule has 1 amide bonds. The molecule has 3 atom stereocenters. The number of hydrogen-bond donors (Lipinski definition) is 2. The number of likely N-dealkylation sites (tertiary alicyclic amines) is 1. The zero-order valence-electron chi connectivity index (χ0n) is 10.4. The third-order valence-corrected chi connectivity index (χ3v) is 3.76. The van der Waals surface area contributed by atoms with E-state index in [4.69, 9.17) is 15.6 Å². The van der Waals surface area contributed by atoms with E-state index in [1.165, 1.54) is 0 Å². The second-order valence-corrected chi connectivity index (χ2v) is 5.07. The molecule has 2 aliphatic rings. The largest absolute Gasteiger partial charge is 0.479 e. The van der Waals surface area contributed by atoms with Crippen LogP contribution in [0.5, 0.6) is 0 Å². The van der Waals surface area contributed by atoms with Gasteiger partial charge in [-0.05, 0) is 32.2 Å². The number of amides is 1. The van der Waals surface area contributed by atoms with Crippen molar-refractivity contribution >= 4 is 11.9 Å². The number of nitrogens with zero attached hydrogens (tertiary/aromatic N) is 1. The molecular formula is C12H20N2O4. The van der Waals surface area contributed by atoms with Gasteiger partial charge in [-0.1, -0.05) is 6.42 Å². The van der Waals surface area contributed by atoms with Crippen LogP contribution in [0.25, 0.3) is 0 Å². The summed E-state index contributed by atoms with van der Waals surface area (Å²) in [6.45, 7) is 1.45. The van der Waals surface area contributed by atoms with Crippen LogP contribution >= 0.6 is 0 Å². The average molecular weight is 256 g/mol. The minimum absolute atomic E-state index is 0.0916. The Morgan fingerprint density at radius 1 is 1.28 bits per heavy atom.